The molecule has 0 aromatic carbocycles. The Morgan fingerprint density at radius 2 is 1.35 bits per heavy atom. The molecule has 1 N–H and O–H groups in total. The molecule has 1 saturated heterocycles. The van der Waals surface area contributed by atoms with Crippen LogP contribution in [0.15, 0.2) is 36.9 Å². The molecule has 0 saturated carbocycles. The number of piperazine rings is 1. The van der Waals surface area contributed by atoms with Crippen LogP contribution in [0.2, 0.25) is 15.5 Å². The van der Waals surface area contributed by atoms with Gasteiger partial charge in [0.1, 0.15) is 0 Å². The number of nitrogens with zero attached hydrogens (tertiary/aromatic N) is 7. The summed E-state index contributed by atoms with van der Waals surface area (Å²) in [5.74, 6) is 0.869. The summed E-state index contributed by atoms with van der Waals surface area (Å²) in [6, 6.07) is 4.43. The first-order valence-corrected chi connectivity index (χ1v) is 10.8. The van der Waals surface area contributed by atoms with E-state index in [0.717, 1.165) is 40.5 Å². The van der Waals surface area contributed by atoms with E-state index >= 15 is 0 Å². The quantitative estimate of drug-likeness (QED) is 0.436. The lowest BCUT2D eigenvalue weighted by Crippen LogP contribution is -2.54. The Morgan fingerprint density at radius 3 is 2.00 bits per heavy atom. The van der Waals surface area contributed by atoms with Crippen LogP contribution >= 0.6 is 34.8 Å². The van der Waals surface area contributed by atoms with Gasteiger partial charge in [0.2, 0.25) is 0 Å². The SMILES string of the molecule is CC1CN(c2nnc(Cl)c3ccncc23)C(C)CN1.Clc1nnc(Cl)c2cnccc12. The largest absolute Gasteiger partial charge is 0.349 e. The topological polar surface area (TPSA) is 92.6 Å². The maximum absolute atomic E-state index is 6.10. The van der Waals surface area contributed by atoms with Crippen LogP contribution in [0.4, 0.5) is 5.82 Å². The Bertz CT molecular complexity index is 1180. The highest BCUT2D eigenvalue weighted by molar-refractivity contribution is 6.38. The van der Waals surface area contributed by atoms with Gasteiger partial charge in [0, 0.05) is 71.5 Å². The fourth-order valence-electron chi connectivity index (χ4n) is 3.41. The van der Waals surface area contributed by atoms with E-state index < -0.39 is 0 Å². The van der Waals surface area contributed by atoms with Gasteiger partial charge in [-0.05, 0) is 26.0 Å². The van der Waals surface area contributed by atoms with E-state index in [4.69, 9.17) is 34.8 Å². The summed E-state index contributed by atoms with van der Waals surface area (Å²) >= 11 is 17.6. The maximum Gasteiger partial charge on any atom is 0.161 e. The highest BCUT2D eigenvalue weighted by atomic mass is 35.5. The minimum absolute atomic E-state index is 0.322. The monoisotopic (exact) mass is 476 g/mol. The van der Waals surface area contributed by atoms with Gasteiger partial charge in [0.05, 0.1) is 0 Å². The second-order valence-electron chi connectivity index (χ2n) is 7.25. The van der Waals surface area contributed by atoms with Gasteiger partial charge in [0.15, 0.2) is 21.3 Å². The minimum atomic E-state index is 0.322. The van der Waals surface area contributed by atoms with Gasteiger partial charge in [-0.2, -0.15) is 0 Å². The number of rotatable bonds is 1. The molecule has 160 valence electrons. The first-order valence-electron chi connectivity index (χ1n) is 9.63. The molecule has 1 aliphatic rings. The fourth-order valence-corrected chi connectivity index (χ4v) is 4.01. The summed E-state index contributed by atoms with van der Waals surface area (Å²) in [6.45, 7) is 6.19. The summed E-state index contributed by atoms with van der Waals surface area (Å²) in [7, 11) is 0. The number of anilines is 1. The van der Waals surface area contributed by atoms with Crippen LogP contribution in [-0.2, 0) is 0 Å². The van der Waals surface area contributed by atoms with Crippen LogP contribution in [0.3, 0.4) is 0 Å². The van der Waals surface area contributed by atoms with Crippen molar-refractivity contribution in [2.75, 3.05) is 18.0 Å². The van der Waals surface area contributed by atoms with Crippen LogP contribution in [0.25, 0.3) is 21.5 Å². The van der Waals surface area contributed by atoms with Crippen molar-refractivity contribution < 1.29 is 0 Å². The Morgan fingerprint density at radius 1 is 0.806 bits per heavy atom. The molecule has 0 radical (unpaired) electrons. The van der Waals surface area contributed by atoms with Gasteiger partial charge in [-0.3, -0.25) is 9.97 Å². The lowest BCUT2D eigenvalue weighted by atomic mass is 10.1. The molecule has 0 spiro atoms. The zero-order chi connectivity index (χ0) is 22.0. The maximum atomic E-state index is 6.10. The summed E-state index contributed by atoms with van der Waals surface area (Å²) < 4.78 is 0. The predicted molar refractivity (Wildman–Crippen MR) is 124 cm³/mol. The van der Waals surface area contributed by atoms with E-state index in [1.54, 1.807) is 24.7 Å². The van der Waals surface area contributed by atoms with E-state index in [2.05, 4.69) is 54.4 Å². The van der Waals surface area contributed by atoms with Gasteiger partial charge in [-0.1, -0.05) is 34.8 Å². The van der Waals surface area contributed by atoms with Gasteiger partial charge < -0.3 is 10.2 Å². The summed E-state index contributed by atoms with van der Waals surface area (Å²) in [5, 5.41) is 23.6. The molecule has 4 aromatic rings. The zero-order valence-corrected chi connectivity index (χ0v) is 19.1. The Balaban J connectivity index is 0.000000166. The van der Waals surface area contributed by atoms with E-state index in [0.29, 0.717) is 27.5 Å². The van der Waals surface area contributed by atoms with E-state index in [1.165, 1.54) is 0 Å². The second kappa shape index (κ2) is 9.40. The molecule has 2 atom stereocenters. The molecule has 0 amide bonds. The molecule has 0 aliphatic carbocycles. The third-order valence-electron chi connectivity index (χ3n) is 5.04. The Labute approximate surface area is 194 Å². The molecular weight excluding hydrogens is 459 g/mol. The molecule has 5 rings (SSSR count). The lowest BCUT2D eigenvalue weighted by Gasteiger charge is -2.38. The normalized spacial score (nSPS) is 18.7. The average Bonchev–Trinajstić information content (AvgIpc) is 2.79. The molecule has 31 heavy (non-hydrogen) atoms. The number of nitrogens with one attached hydrogen (secondary N) is 1. The van der Waals surface area contributed by atoms with Gasteiger partial charge >= 0.3 is 0 Å². The van der Waals surface area contributed by atoms with Crippen LogP contribution in [-0.4, -0.2) is 55.5 Å². The lowest BCUT2D eigenvalue weighted by molar-refractivity contribution is 0.422. The van der Waals surface area contributed by atoms with Crippen molar-refractivity contribution in [3.05, 3.63) is 52.4 Å². The highest BCUT2D eigenvalue weighted by Gasteiger charge is 2.25. The number of hydrogen-bond donors (Lipinski definition) is 1. The molecule has 2 unspecified atom stereocenters. The van der Waals surface area contributed by atoms with Crippen molar-refractivity contribution in [2.24, 2.45) is 0 Å². The van der Waals surface area contributed by atoms with Crippen LogP contribution in [0, 0.1) is 0 Å². The molecule has 1 fully saturated rings. The van der Waals surface area contributed by atoms with Crippen LogP contribution in [0.1, 0.15) is 13.8 Å². The van der Waals surface area contributed by atoms with Crippen molar-refractivity contribution in [1.29, 1.82) is 0 Å². The Hall–Kier alpha value is -2.39. The number of pyridine rings is 2. The number of fused-ring (bicyclic) bond motifs is 2. The average molecular weight is 478 g/mol. The third-order valence-corrected chi connectivity index (χ3v) is 5.88. The van der Waals surface area contributed by atoms with Crippen molar-refractivity contribution in [1.82, 2.24) is 35.7 Å². The van der Waals surface area contributed by atoms with Gasteiger partial charge in [0.25, 0.3) is 0 Å². The standard InChI is InChI=1S/C13H16ClN5.C7H3Cl2N3/c1-8-7-19(9(2)5-16-8)13-11-6-15-4-3-10(11)12(14)17-18-13;8-6-4-1-2-10-3-5(4)7(9)12-11-6/h3-4,6,8-9,16H,5,7H2,1-2H3;1-3H. The van der Waals surface area contributed by atoms with Crippen LogP contribution in [0.5, 0.6) is 0 Å². The number of hydrogen-bond acceptors (Lipinski definition) is 8. The molecular formula is C20H19Cl3N8. The molecule has 11 heteroatoms. The summed E-state index contributed by atoms with van der Waals surface area (Å²) in [5.41, 5.74) is 0. The molecule has 4 aromatic heterocycles. The van der Waals surface area contributed by atoms with E-state index in [-0.39, 0.29) is 0 Å². The molecule has 8 nitrogen and oxygen atoms in total. The molecule has 1 aliphatic heterocycles. The first kappa shape index (κ1) is 21.8. The summed E-state index contributed by atoms with van der Waals surface area (Å²) in [6.07, 6.45) is 6.78. The minimum Gasteiger partial charge on any atom is -0.349 e. The van der Waals surface area contributed by atoms with Crippen molar-refractivity contribution in [2.45, 2.75) is 25.9 Å². The van der Waals surface area contributed by atoms with E-state index in [9.17, 15) is 0 Å². The summed E-state index contributed by atoms with van der Waals surface area (Å²) in [4.78, 5) is 10.4. The first-order chi connectivity index (χ1) is 15.0. The third kappa shape index (κ3) is 4.62. The smallest absolute Gasteiger partial charge is 0.161 e. The van der Waals surface area contributed by atoms with Crippen molar-refractivity contribution >= 4 is 62.2 Å². The van der Waals surface area contributed by atoms with Gasteiger partial charge in [-0.15, -0.1) is 20.4 Å². The van der Waals surface area contributed by atoms with Gasteiger partial charge in [-0.25, -0.2) is 0 Å². The number of halogens is 3. The van der Waals surface area contributed by atoms with E-state index in [1.807, 2.05) is 12.3 Å². The number of aromatic nitrogens is 6. The fraction of sp³-hybridized carbons (Fsp3) is 0.300. The van der Waals surface area contributed by atoms with Crippen molar-refractivity contribution in [3.8, 4) is 0 Å². The van der Waals surface area contributed by atoms with Crippen molar-refractivity contribution in [3.63, 3.8) is 0 Å². The molecule has 5 heterocycles. The molecule has 0 bridgehead atoms. The highest BCUT2D eigenvalue weighted by Crippen LogP contribution is 2.29. The predicted octanol–water partition coefficient (Wildman–Crippen LogP) is 4.20. The second-order valence-corrected chi connectivity index (χ2v) is 8.32. The van der Waals surface area contributed by atoms with Crippen LogP contribution < -0.4 is 10.2 Å². The zero-order valence-electron chi connectivity index (χ0n) is 16.8. The Kier molecular flexibility index (Phi) is 6.62.